The minimum absolute atomic E-state index is 0.0221. The summed E-state index contributed by atoms with van der Waals surface area (Å²) in [6, 6.07) is 3.77. The maximum atomic E-state index is 14.9. The lowest BCUT2D eigenvalue weighted by Gasteiger charge is -2.15. The number of fused-ring (bicyclic) bond motifs is 1. The van der Waals surface area contributed by atoms with Gasteiger partial charge in [0.2, 0.25) is 0 Å². The van der Waals surface area contributed by atoms with E-state index in [1.165, 1.54) is 18.5 Å². The number of nitrogen functional groups attached to an aromatic ring is 1. The number of nitrogens with one attached hydrogen (secondary N) is 2. The summed E-state index contributed by atoms with van der Waals surface area (Å²) < 4.78 is 76.4. The molecular formula is C23H20F5N7O. The summed E-state index contributed by atoms with van der Waals surface area (Å²) in [5.41, 5.74) is 5.06. The topological polar surface area (TPSA) is 107 Å². The zero-order valence-corrected chi connectivity index (χ0v) is 18.7. The molecule has 0 amide bonds. The first-order valence-corrected chi connectivity index (χ1v) is 11.3. The number of hydrogen-bond acceptors (Lipinski definition) is 7. The number of alkyl halides is 3. The van der Waals surface area contributed by atoms with Crippen LogP contribution in [0.15, 0.2) is 35.2 Å². The van der Waals surface area contributed by atoms with Crippen LogP contribution in [0.2, 0.25) is 0 Å². The first kappa shape index (κ1) is 22.6. The molecule has 2 saturated carbocycles. The van der Waals surface area contributed by atoms with Crippen molar-refractivity contribution in [3.8, 4) is 11.1 Å². The number of benzene rings is 1. The molecule has 2 fully saturated rings. The maximum absolute atomic E-state index is 14.9. The Morgan fingerprint density at radius 1 is 1.08 bits per heavy atom. The van der Waals surface area contributed by atoms with Gasteiger partial charge in [-0.1, -0.05) is 5.16 Å². The van der Waals surface area contributed by atoms with Gasteiger partial charge in [0, 0.05) is 23.9 Å². The van der Waals surface area contributed by atoms with Crippen molar-refractivity contribution < 1.29 is 26.5 Å². The van der Waals surface area contributed by atoms with Crippen LogP contribution in [-0.4, -0.2) is 32.5 Å². The number of nitrogens with zero attached hydrogens (tertiary/aromatic N) is 4. The van der Waals surface area contributed by atoms with Gasteiger partial charge >= 0.3 is 6.18 Å². The third-order valence-electron chi connectivity index (χ3n) is 6.74. The van der Waals surface area contributed by atoms with E-state index in [0.717, 1.165) is 18.9 Å². The number of halogens is 5. The molecule has 8 nitrogen and oxygen atoms in total. The summed E-state index contributed by atoms with van der Waals surface area (Å²) in [5.74, 6) is -1.76. The third-order valence-corrected chi connectivity index (χ3v) is 6.74. The molecule has 0 atom stereocenters. The maximum Gasteiger partial charge on any atom is 0.401 e. The van der Waals surface area contributed by atoms with Crippen molar-refractivity contribution in [2.45, 2.75) is 43.3 Å². The van der Waals surface area contributed by atoms with E-state index in [1.54, 1.807) is 6.20 Å². The molecule has 0 bridgehead atoms. The van der Waals surface area contributed by atoms with Crippen LogP contribution in [0.4, 0.5) is 39.3 Å². The number of aromatic nitrogens is 4. The molecule has 13 heteroatoms. The van der Waals surface area contributed by atoms with Crippen LogP contribution in [0.25, 0.3) is 22.2 Å². The highest BCUT2D eigenvalue weighted by atomic mass is 19.4. The standard InChI is InChI=1S/C23H20F5N7O/c24-14-5-11(13-8-35(12-1-2-12)21-18(13)20(29)32-10-33-21)6-15(25)19(14)31-9-30-17-7-16(36-34-17)22(3-4-22)23(26,27)28/h5-8,10,12,31H,1-4,9H2,(H,30,34)(H2,29,32,33). The Morgan fingerprint density at radius 2 is 1.81 bits per heavy atom. The molecule has 4 N–H and O–H groups in total. The monoisotopic (exact) mass is 505 g/mol. The van der Waals surface area contributed by atoms with Crippen LogP contribution in [0, 0.1) is 11.6 Å². The van der Waals surface area contributed by atoms with Gasteiger partial charge in [0.05, 0.1) is 12.1 Å². The van der Waals surface area contributed by atoms with Gasteiger partial charge in [-0.25, -0.2) is 18.7 Å². The van der Waals surface area contributed by atoms with Gasteiger partial charge in [-0.2, -0.15) is 13.2 Å². The van der Waals surface area contributed by atoms with E-state index in [4.69, 9.17) is 10.3 Å². The fourth-order valence-corrected chi connectivity index (χ4v) is 4.46. The van der Waals surface area contributed by atoms with Crippen molar-refractivity contribution in [1.82, 2.24) is 19.7 Å². The molecule has 0 unspecified atom stereocenters. The Morgan fingerprint density at radius 3 is 2.44 bits per heavy atom. The third kappa shape index (κ3) is 3.60. The van der Waals surface area contributed by atoms with Crippen LogP contribution >= 0.6 is 0 Å². The molecule has 2 aliphatic rings. The predicted octanol–water partition coefficient (Wildman–Crippen LogP) is 5.36. The summed E-state index contributed by atoms with van der Waals surface area (Å²) in [6.07, 6.45) is 0.537. The molecule has 0 saturated heterocycles. The summed E-state index contributed by atoms with van der Waals surface area (Å²) in [5, 5.41) is 9.34. The average molecular weight is 505 g/mol. The minimum Gasteiger partial charge on any atom is -0.383 e. The second-order valence-electron chi connectivity index (χ2n) is 9.14. The lowest BCUT2D eigenvalue weighted by molar-refractivity contribution is -0.165. The second kappa shape index (κ2) is 7.80. The van der Waals surface area contributed by atoms with E-state index < -0.39 is 28.9 Å². The molecular weight excluding hydrogens is 485 g/mol. The summed E-state index contributed by atoms with van der Waals surface area (Å²) in [7, 11) is 0. The largest absolute Gasteiger partial charge is 0.401 e. The van der Waals surface area contributed by atoms with Crippen molar-refractivity contribution in [1.29, 1.82) is 0 Å². The highest BCUT2D eigenvalue weighted by Crippen LogP contribution is 2.59. The Kier molecular flexibility index (Phi) is 4.89. The molecule has 3 aromatic heterocycles. The Bertz CT molecular complexity index is 1450. The van der Waals surface area contributed by atoms with Crippen LogP contribution in [0.3, 0.4) is 0 Å². The van der Waals surface area contributed by atoms with Gasteiger partial charge in [0.15, 0.2) is 11.6 Å². The molecule has 0 spiro atoms. The quantitative estimate of drug-likeness (QED) is 0.229. The zero-order valence-electron chi connectivity index (χ0n) is 18.7. The highest BCUT2D eigenvalue weighted by molar-refractivity contribution is 6.00. The van der Waals surface area contributed by atoms with E-state index in [2.05, 4.69) is 25.8 Å². The minimum atomic E-state index is -4.43. The first-order chi connectivity index (χ1) is 17.2. The number of anilines is 3. The highest BCUT2D eigenvalue weighted by Gasteiger charge is 2.66. The Balaban J connectivity index is 1.21. The van der Waals surface area contributed by atoms with Crippen molar-refractivity contribution >= 4 is 28.4 Å². The predicted molar refractivity (Wildman–Crippen MR) is 121 cm³/mol. The smallest absolute Gasteiger partial charge is 0.383 e. The van der Waals surface area contributed by atoms with Crippen molar-refractivity contribution in [3.05, 3.63) is 48.1 Å². The van der Waals surface area contributed by atoms with Gasteiger partial charge < -0.3 is 25.5 Å². The van der Waals surface area contributed by atoms with E-state index in [1.807, 2.05) is 4.57 Å². The molecule has 2 aliphatic carbocycles. The average Bonchev–Trinajstić information content (AvgIpc) is 3.74. The van der Waals surface area contributed by atoms with Gasteiger partial charge in [0.25, 0.3) is 0 Å². The van der Waals surface area contributed by atoms with Gasteiger partial charge in [-0.15, -0.1) is 0 Å². The normalized spacial score (nSPS) is 16.9. The van der Waals surface area contributed by atoms with Crippen LogP contribution < -0.4 is 16.4 Å². The molecule has 0 radical (unpaired) electrons. The summed E-state index contributed by atoms with van der Waals surface area (Å²) in [6.45, 7) is -0.208. The molecule has 1 aromatic carbocycles. The SMILES string of the molecule is Nc1ncnc2c1c(-c1cc(F)c(NCNc3cc(C4(C(F)(F)F)CC4)on3)c(F)c1)cn2C1CC1. The van der Waals surface area contributed by atoms with Crippen LogP contribution in [0.1, 0.15) is 37.5 Å². The van der Waals surface area contributed by atoms with Gasteiger partial charge in [-0.3, -0.25) is 0 Å². The fourth-order valence-electron chi connectivity index (χ4n) is 4.46. The first-order valence-electron chi connectivity index (χ1n) is 11.3. The lowest BCUT2D eigenvalue weighted by atomic mass is 10.0. The number of rotatable bonds is 7. The fraction of sp³-hybridized carbons (Fsp3) is 0.348. The summed E-state index contributed by atoms with van der Waals surface area (Å²) in [4.78, 5) is 8.32. The van der Waals surface area contributed by atoms with Gasteiger partial charge in [0.1, 0.15) is 40.5 Å². The van der Waals surface area contributed by atoms with E-state index in [0.29, 0.717) is 16.6 Å². The molecule has 4 aromatic rings. The second-order valence-corrected chi connectivity index (χ2v) is 9.14. The van der Waals surface area contributed by atoms with Crippen LogP contribution in [0.5, 0.6) is 0 Å². The number of nitrogens with two attached hydrogens (primary N) is 1. The lowest BCUT2D eigenvalue weighted by Crippen LogP contribution is -2.28. The van der Waals surface area contributed by atoms with Crippen molar-refractivity contribution in [2.24, 2.45) is 0 Å². The molecule has 3 heterocycles. The van der Waals surface area contributed by atoms with Crippen LogP contribution in [-0.2, 0) is 5.41 Å². The summed E-state index contributed by atoms with van der Waals surface area (Å²) >= 11 is 0. The molecule has 6 rings (SSSR count). The molecule has 188 valence electrons. The Hall–Kier alpha value is -3.90. The molecule has 0 aliphatic heterocycles. The van der Waals surface area contributed by atoms with E-state index >= 15 is 0 Å². The zero-order chi connectivity index (χ0) is 25.2. The number of hydrogen-bond donors (Lipinski definition) is 3. The van der Waals surface area contributed by atoms with Gasteiger partial charge in [-0.05, 0) is 43.4 Å². The van der Waals surface area contributed by atoms with Crippen molar-refractivity contribution in [2.75, 3.05) is 23.0 Å². The Labute approximate surface area is 200 Å². The van der Waals surface area contributed by atoms with Crippen molar-refractivity contribution in [3.63, 3.8) is 0 Å². The molecule has 36 heavy (non-hydrogen) atoms. The van der Waals surface area contributed by atoms with E-state index in [9.17, 15) is 22.0 Å². The van der Waals surface area contributed by atoms with E-state index in [-0.39, 0.29) is 48.5 Å².